The van der Waals surface area contributed by atoms with Gasteiger partial charge in [0.15, 0.2) is 0 Å². The van der Waals surface area contributed by atoms with Crippen LogP contribution in [0.2, 0.25) is 5.15 Å². The molecule has 0 unspecified atom stereocenters. The van der Waals surface area contributed by atoms with E-state index < -0.39 is 0 Å². The van der Waals surface area contributed by atoms with E-state index in [-0.39, 0.29) is 17.5 Å². The summed E-state index contributed by atoms with van der Waals surface area (Å²) in [7, 11) is 1.35. The van der Waals surface area contributed by atoms with Crippen LogP contribution in [0.5, 0.6) is 0 Å². The van der Waals surface area contributed by atoms with Crippen LogP contribution in [0, 0.1) is 11.3 Å². The van der Waals surface area contributed by atoms with Gasteiger partial charge in [0.05, 0.1) is 24.6 Å². The Balaban J connectivity index is 2.48. The average Bonchev–Trinajstić information content (AvgIpc) is 2.38. The first-order valence-corrected chi connectivity index (χ1v) is 5.58. The monoisotopic (exact) mass is 260 g/mol. The number of methoxy groups -OCH3 is 1. The molecule has 0 aliphatic heterocycles. The highest BCUT2D eigenvalue weighted by Gasteiger charge is 2.07. The fourth-order valence-electron chi connectivity index (χ4n) is 1.63. The Morgan fingerprint density at radius 1 is 1.50 bits per heavy atom. The summed E-state index contributed by atoms with van der Waals surface area (Å²) < 4.78 is 4.60. The molecule has 0 saturated carbocycles. The van der Waals surface area contributed by atoms with Gasteiger partial charge in [0.2, 0.25) is 0 Å². The molecule has 4 nitrogen and oxygen atoms in total. The number of halogens is 1. The maximum atomic E-state index is 11.2. The van der Waals surface area contributed by atoms with Crippen molar-refractivity contribution in [3.8, 4) is 6.07 Å². The van der Waals surface area contributed by atoms with Gasteiger partial charge in [-0.1, -0.05) is 17.7 Å². The number of carbonyl (C=O) groups is 1. The fourth-order valence-corrected chi connectivity index (χ4v) is 1.82. The van der Waals surface area contributed by atoms with Crippen molar-refractivity contribution >= 4 is 28.5 Å². The van der Waals surface area contributed by atoms with Crippen LogP contribution in [0.1, 0.15) is 11.1 Å². The molecule has 1 heterocycles. The molecule has 0 bridgehead atoms. The summed E-state index contributed by atoms with van der Waals surface area (Å²) in [6.07, 6.45) is 0.191. The molecule has 90 valence electrons. The van der Waals surface area contributed by atoms with Gasteiger partial charge in [-0.2, -0.15) is 5.26 Å². The van der Waals surface area contributed by atoms with Gasteiger partial charge in [0.25, 0.3) is 0 Å². The summed E-state index contributed by atoms with van der Waals surface area (Å²) in [5.41, 5.74) is 1.81. The topological polar surface area (TPSA) is 63.0 Å². The molecular formula is C13H9ClN2O2. The lowest BCUT2D eigenvalue weighted by atomic mass is 10.1. The van der Waals surface area contributed by atoms with Crippen LogP contribution in [0.15, 0.2) is 24.3 Å². The second-order valence-corrected chi connectivity index (χ2v) is 4.08. The summed E-state index contributed by atoms with van der Waals surface area (Å²) in [6, 6.07) is 8.98. The number of ether oxygens (including phenoxy) is 1. The van der Waals surface area contributed by atoms with Crippen LogP contribution in [-0.4, -0.2) is 18.1 Å². The summed E-state index contributed by atoms with van der Waals surface area (Å²) in [4.78, 5) is 15.3. The number of esters is 1. The average molecular weight is 261 g/mol. The van der Waals surface area contributed by atoms with Gasteiger partial charge < -0.3 is 4.74 Å². The minimum atomic E-state index is -0.309. The molecule has 0 aliphatic carbocycles. The zero-order valence-electron chi connectivity index (χ0n) is 9.61. The van der Waals surface area contributed by atoms with Gasteiger partial charge in [-0.3, -0.25) is 4.79 Å². The van der Waals surface area contributed by atoms with Crippen molar-refractivity contribution in [3.05, 3.63) is 40.5 Å². The van der Waals surface area contributed by atoms with Crippen LogP contribution in [-0.2, 0) is 16.0 Å². The Kier molecular flexibility index (Phi) is 3.45. The lowest BCUT2D eigenvalue weighted by Gasteiger charge is -2.03. The number of fused-ring (bicyclic) bond motifs is 1. The molecular weight excluding hydrogens is 252 g/mol. The molecule has 0 aliphatic rings. The Labute approximate surface area is 109 Å². The Hall–Kier alpha value is -2.12. The molecule has 2 rings (SSSR count). The molecule has 1 aromatic carbocycles. The van der Waals surface area contributed by atoms with Gasteiger partial charge in [-0.05, 0) is 23.8 Å². The Morgan fingerprint density at radius 2 is 2.28 bits per heavy atom. The molecule has 0 fully saturated rings. The van der Waals surface area contributed by atoms with E-state index in [1.807, 2.05) is 6.07 Å². The number of rotatable bonds is 2. The van der Waals surface area contributed by atoms with Gasteiger partial charge >= 0.3 is 5.97 Å². The molecule has 5 heteroatoms. The van der Waals surface area contributed by atoms with E-state index in [0.29, 0.717) is 11.1 Å². The number of carbonyl (C=O) groups excluding carboxylic acids is 1. The van der Waals surface area contributed by atoms with E-state index in [1.165, 1.54) is 7.11 Å². The smallest absolute Gasteiger partial charge is 0.309 e. The standard InChI is InChI=1S/C13H9ClN2O2/c1-18-12(17)5-8-2-3-11-9(4-8)6-10(7-15)13(14)16-11/h2-4,6H,5H2,1H3. The van der Waals surface area contributed by atoms with Crippen molar-refractivity contribution in [2.24, 2.45) is 0 Å². The van der Waals surface area contributed by atoms with Gasteiger partial charge in [0.1, 0.15) is 11.2 Å². The molecule has 0 atom stereocenters. The minimum absolute atomic E-state index is 0.186. The van der Waals surface area contributed by atoms with Crippen molar-refractivity contribution in [2.45, 2.75) is 6.42 Å². The van der Waals surface area contributed by atoms with Crippen LogP contribution in [0.4, 0.5) is 0 Å². The molecule has 18 heavy (non-hydrogen) atoms. The van der Waals surface area contributed by atoms with E-state index in [9.17, 15) is 4.79 Å². The maximum Gasteiger partial charge on any atom is 0.309 e. The molecule has 1 aromatic heterocycles. The molecule has 0 N–H and O–H groups in total. The van der Waals surface area contributed by atoms with Crippen LogP contribution >= 0.6 is 11.6 Å². The molecule has 0 saturated heterocycles. The molecule has 2 aromatic rings. The summed E-state index contributed by atoms with van der Waals surface area (Å²) in [5, 5.41) is 9.84. The first kappa shape index (κ1) is 12.3. The number of hydrogen-bond donors (Lipinski definition) is 0. The molecule has 0 amide bonds. The third-order valence-corrected chi connectivity index (χ3v) is 2.82. The van der Waals surface area contributed by atoms with Gasteiger partial charge in [0, 0.05) is 5.39 Å². The largest absolute Gasteiger partial charge is 0.469 e. The normalized spacial score (nSPS) is 10.1. The Morgan fingerprint density at radius 3 is 2.94 bits per heavy atom. The minimum Gasteiger partial charge on any atom is -0.469 e. The highest BCUT2D eigenvalue weighted by molar-refractivity contribution is 6.31. The number of benzene rings is 1. The van der Waals surface area contributed by atoms with Crippen molar-refractivity contribution in [2.75, 3.05) is 7.11 Å². The van der Waals surface area contributed by atoms with E-state index in [1.54, 1.807) is 24.3 Å². The maximum absolute atomic E-state index is 11.2. The lowest BCUT2D eigenvalue weighted by Crippen LogP contribution is -2.04. The molecule has 0 radical (unpaired) electrons. The second-order valence-electron chi connectivity index (χ2n) is 3.72. The van der Waals surface area contributed by atoms with Crippen molar-refractivity contribution in [1.29, 1.82) is 5.26 Å². The fraction of sp³-hybridized carbons (Fsp3) is 0.154. The predicted molar refractivity (Wildman–Crippen MR) is 67.2 cm³/mol. The third-order valence-electron chi connectivity index (χ3n) is 2.53. The summed E-state index contributed by atoms with van der Waals surface area (Å²) in [6.45, 7) is 0. The highest BCUT2D eigenvalue weighted by Crippen LogP contribution is 2.21. The Bertz CT molecular complexity index is 662. The van der Waals surface area contributed by atoms with E-state index in [0.717, 1.165) is 10.9 Å². The number of hydrogen-bond acceptors (Lipinski definition) is 4. The van der Waals surface area contributed by atoms with Gasteiger partial charge in [-0.15, -0.1) is 0 Å². The second kappa shape index (κ2) is 5.03. The highest BCUT2D eigenvalue weighted by atomic mass is 35.5. The zero-order chi connectivity index (χ0) is 13.1. The van der Waals surface area contributed by atoms with Crippen LogP contribution in [0.3, 0.4) is 0 Å². The van der Waals surface area contributed by atoms with Crippen molar-refractivity contribution in [3.63, 3.8) is 0 Å². The first-order chi connectivity index (χ1) is 8.63. The number of nitrogens with zero attached hydrogens (tertiary/aromatic N) is 2. The van der Waals surface area contributed by atoms with Gasteiger partial charge in [-0.25, -0.2) is 4.98 Å². The number of pyridine rings is 1. The number of aromatic nitrogens is 1. The van der Waals surface area contributed by atoms with Crippen molar-refractivity contribution in [1.82, 2.24) is 4.98 Å². The summed E-state index contributed by atoms with van der Waals surface area (Å²) >= 11 is 5.84. The van der Waals surface area contributed by atoms with Crippen LogP contribution in [0.25, 0.3) is 10.9 Å². The number of nitriles is 1. The SMILES string of the molecule is COC(=O)Cc1ccc2nc(Cl)c(C#N)cc2c1. The first-order valence-electron chi connectivity index (χ1n) is 5.20. The molecule has 0 spiro atoms. The van der Waals surface area contributed by atoms with Crippen molar-refractivity contribution < 1.29 is 9.53 Å². The van der Waals surface area contributed by atoms with E-state index in [2.05, 4.69) is 9.72 Å². The quantitative estimate of drug-likeness (QED) is 0.615. The predicted octanol–water partition coefficient (Wildman–Crippen LogP) is 2.48. The lowest BCUT2D eigenvalue weighted by molar-refractivity contribution is -0.139. The van der Waals surface area contributed by atoms with E-state index in [4.69, 9.17) is 16.9 Å². The third kappa shape index (κ3) is 2.41. The summed E-state index contributed by atoms with van der Waals surface area (Å²) in [5.74, 6) is -0.309. The zero-order valence-corrected chi connectivity index (χ0v) is 10.4. The van der Waals surface area contributed by atoms with Crippen LogP contribution < -0.4 is 0 Å². The van der Waals surface area contributed by atoms with E-state index >= 15 is 0 Å².